The fraction of sp³-hybridized carbons (Fsp3) is 0.615. The Morgan fingerprint density at radius 2 is 2.25 bits per heavy atom. The second-order valence-electron chi connectivity index (χ2n) is 5.81. The number of carbonyl (C=O) groups excluding carboxylic acids is 1. The quantitative estimate of drug-likeness (QED) is 0.824. The summed E-state index contributed by atoms with van der Waals surface area (Å²) in [6.45, 7) is 5.88. The van der Waals surface area contributed by atoms with Crippen LogP contribution in [0.3, 0.4) is 0 Å². The molecule has 2 unspecified atom stereocenters. The zero-order valence-electron chi connectivity index (χ0n) is 11.8. The van der Waals surface area contributed by atoms with Crippen molar-refractivity contribution in [1.82, 2.24) is 14.7 Å². The monoisotopic (exact) mass is 278 g/mol. The molecule has 2 atom stereocenters. The first-order valence-electron chi connectivity index (χ1n) is 6.41. The van der Waals surface area contributed by atoms with Gasteiger partial charge in [0, 0.05) is 12.7 Å². The lowest BCUT2D eigenvalue weighted by molar-refractivity contribution is 0.0270. The molecule has 2 rings (SSSR count). The molecular formula is C13H18N4O3. The van der Waals surface area contributed by atoms with Gasteiger partial charge in [0.15, 0.2) is 5.69 Å². The van der Waals surface area contributed by atoms with E-state index in [0.29, 0.717) is 6.54 Å². The van der Waals surface area contributed by atoms with Crippen molar-refractivity contribution < 1.29 is 14.6 Å². The van der Waals surface area contributed by atoms with E-state index in [2.05, 4.69) is 5.10 Å². The lowest BCUT2D eigenvalue weighted by Crippen LogP contribution is -2.35. The minimum atomic E-state index is -0.728. The fourth-order valence-corrected chi connectivity index (χ4v) is 2.09. The van der Waals surface area contributed by atoms with Gasteiger partial charge in [-0.3, -0.25) is 4.68 Å². The molecule has 0 bridgehead atoms. The van der Waals surface area contributed by atoms with Gasteiger partial charge in [-0.2, -0.15) is 10.4 Å². The van der Waals surface area contributed by atoms with Gasteiger partial charge in [0.05, 0.1) is 18.7 Å². The van der Waals surface area contributed by atoms with Crippen LogP contribution in [0.5, 0.6) is 0 Å². The Morgan fingerprint density at radius 1 is 1.55 bits per heavy atom. The normalized spacial score (nSPS) is 22.6. The predicted octanol–water partition coefficient (Wildman–Crippen LogP) is 0.907. The van der Waals surface area contributed by atoms with Gasteiger partial charge in [-0.25, -0.2) is 4.79 Å². The molecule has 1 N–H and O–H groups in total. The molecule has 1 aromatic rings. The van der Waals surface area contributed by atoms with Crippen LogP contribution < -0.4 is 0 Å². The van der Waals surface area contributed by atoms with Crippen molar-refractivity contribution in [1.29, 1.82) is 5.26 Å². The van der Waals surface area contributed by atoms with Gasteiger partial charge in [-0.1, -0.05) is 0 Å². The van der Waals surface area contributed by atoms with Gasteiger partial charge in [-0.05, 0) is 26.8 Å². The average molecular weight is 278 g/mol. The van der Waals surface area contributed by atoms with E-state index in [1.165, 1.54) is 9.58 Å². The highest BCUT2D eigenvalue weighted by atomic mass is 16.6. The highest BCUT2D eigenvalue weighted by molar-refractivity contribution is 5.68. The summed E-state index contributed by atoms with van der Waals surface area (Å²) in [5, 5.41) is 22.8. The number of aliphatic hydroxyl groups is 1. The lowest BCUT2D eigenvalue weighted by atomic mass is 10.2. The van der Waals surface area contributed by atoms with Crippen LogP contribution in [0.15, 0.2) is 12.3 Å². The van der Waals surface area contributed by atoms with Crippen molar-refractivity contribution in [2.45, 2.75) is 38.5 Å². The second-order valence-corrected chi connectivity index (χ2v) is 5.81. The van der Waals surface area contributed by atoms with Crippen LogP contribution in [0.25, 0.3) is 0 Å². The summed E-state index contributed by atoms with van der Waals surface area (Å²) >= 11 is 0. The predicted molar refractivity (Wildman–Crippen MR) is 69.8 cm³/mol. The summed E-state index contributed by atoms with van der Waals surface area (Å²) in [4.78, 5) is 13.4. The second kappa shape index (κ2) is 5.13. The van der Waals surface area contributed by atoms with Crippen LogP contribution in [-0.4, -0.2) is 50.7 Å². The smallest absolute Gasteiger partial charge is 0.410 e. The lowest BCUT2D eigenvalue weighted by Gasteiger charge is -2.24. The molecule has 1 aromatic heterocycles. The molecule has 0 aliphatic carbocycles. The molecule has 7 heteroatoms. The van der Waals surface area contributed by atoms with Gasteiger partial charge in [0.1, 0.15) is 11.7 Å². The Balaban J connectivity index is 2.05. The van der Waals surface area contributed by atoms with Gasteiger partial charge >= 0.3 is 6.09 Å². The summed E-state index contributed by atoms with van der Waals surface area (Å²) in [5.74, 6) is 0. The van der Waals surface area contributed by atoms with E-state index in [1.807, 2.05) is 6.07 Å². The topological polar surface area (TPSA) is 91.4 Å². The first kappa shape index (κ1) is 14.3. The van der Waals surface area contributed by atoms with Crippen LogP contribution in [0, 0.1) is 11.3 Å². The van der Waals surface area contributed by atoms with Crippen molar-refractivity contribution in [3.8, 4) is 6.07 Å². The van der Waals surface area contributed by atoms with Crippen LogP contribution in [0.2, 0.25) is 0 Å². The van der Waals surface area contributed by atoms with Gasteiger partial charge in [0.2, 0.25) is 0 Å². The van der Waals surface area contributed by atoms with E-state index in [-0.39, 0.29) is 18.3 Å². The maximum Gasteiger partial charge on any atom is 0.410 e. The largest absolute Gasteiger partial charge is 0.444 e. The molecule has 20 heavy (non-hydrogen) atoms. The number of β-amino-alcohol motifs (C(OH)–C–C–N with tert-alkyl or cyclic N) is 1. The number of amides is 1. The maximum absolute atomic E-state index is 12.0. The molecule has 1 aliphatic rings. The maximum atomic E-state index is 12.0. The van der Waals surface area contributed by atoms with Crippen molar-refractivity contribution in [2.75, 3.05) is 13.1 Å². The molecule has 1 saturated heterocycles. The highest BCUT2D eigenvalue weighted by Gasteiger charge is 2.37. The van der Waals surface area contributed by atoms with E-state index in [4.69, 9.17) is 10.00 Å². The molecule has 1 aliphatic heterocycles. The van der Waals surface area contributed by atoms with Gasteiger partial charge in [-0.15, -0.1) is 0 Å². The summed E-state index contributed by atoms with van der Waals surface area (Å²) in [6, 6.07) is 3.15. The van der Waals surface area contributed by atoms with Crippen LogP contribution in [0.4, 0.5) is 4.79 Å². The van der Waals surface area contributed by atoms with Crippen LogP contribution in [0.1, 0.15) is 32.5 Å². The SMILES string of the molecule is CC(C)(C)OC(=O)N1CC(O)C(n2ccc(C#N)n2)C1. The van der Waals surface area contributed by atoms with E-state index in [9.17, 15) is 9.90 Å². The number of carbonyl (C=O) groups is 1. The Labute approximate surface area is 117 Å². The molecule has 1 amide bonds. The Kier molecular flexibility index (Phi) is 3.68. The van der Waals surface area contributed by atoms with E-state index in [0.717, 1.165) is 0 Å². The fourth-order valence-electron chi connectivity index (χ4n) is 2.09. The number of aliphatic hydroxyl groups excluding tert-OH is 1. The summed E-state index contributed by atoms with van der Waals surface area (Å²) in [6.07, 6.45) is 0.450. The zero-order chi connectivity index (χ0) is 14.9. The summed E-state index contributed by atoms with van der Waals surface area (Å²) in [7, 11) is 0. The average Bonchev–Trinajstić information content (AvgIpc) is 2.92. The number of aromatic nitrogens is 2. The first-order chi connectivity index (χ1) is 9.30. The number of nitrogens with zero attached hydrogens (tertiary/aromatic N) is 4. The summed E-state index contributed by atoms with van der Waals surface area (Å²) in [5.41, 5.74) is -0.285. The zero-order valence-corrected chi connectivity index (χ0v) is 11.8. The molecule has 2 heterocycles. The number of hydrogen-bond donors (Lipinski definition) is 1. The Hall–Kier alpha value is -2.07. The molecule has 108 valence electrons. The number of nitriles is 1. The number of ether oxygens (including phenoxy) is 1. The molecule has 0 saturated carbocycles. The standard InChI is InChI=1S/C13H18N4O3/c1-13(2,3)20-12(19)16-7-10(11(18)8-16)17-5-4-9(6-14)15-17/h4-5,10-11,18H,7-8H2,1-3H3. The molecule has 0 spiro atoms. The van der Waals surface area contributed by atoms with Gasteiger partial charge < -0.3 is 14.7 Å². The molecule has 7 nitrogen and oxygen atoms in total. The number of rotatable bonds is 1. The molecule has 0 radical (unpaired) electrons. The third-order valence-corrected chi connectivity index (χ3v) is 2.97. The van der Waals surface area contributed by atoms with E-state index < -0.39 is 17.8 Å². The third kappa shape index (κ3) is 3.08. The van der Waals surface area contributed by atoms with Crippen molar-refractivity contribution in [3.63, 3.8) is 0 Å². The van der Waals surface area contributed by atoms with Crippen molar-refractivity contribution in [3.05, 3.63) is 18.0 Å². The molecular weight excluding hydrogens is 260 g/mol. The molecule has 0 aromatic carbocycles. The number of hydrogen-bond acceptors (Lipinski definition) is 5. The minimum Gasteiger partial charge on any atom is -0.444 e. The van der Waals surface area contributed by atoms with Crippen LogP contribution >= 0.6 is 0 Å². The number of likely N-dealkylation sites (tertiary alicyclic amines) is 1. The molecule has 1 fully saturated rings. The van der Waals surface area contributed by atoms with Gasteiger partial charge in [0.25, 0.3) is 0 Å². The minimum absolute atomic E-state index is 0.196. The highest BCUT2D eigenvalue weighted by Crippen LogP contribution is 2.23. The van der Waals surface area contributed by atoms with Crippen LogP contribution in [-0.2, 0) is 4.74 Å². The van der Waals surface area contributed by atoms with E-state index >= 15 is 0 Å². The Morgan fingerprint density at radius 3 is 2.80 bits per heavy atom. The first-order valence-corrected chi connectivity index (χ1v) is 6.41. The Bertz CT molecular complexity index is 541. The van der Waals surface area contributed by atoms with Crippen molar-refractivity contribution >= 4 is 6.09 Å². The van der Waals surface area contributed by atoms with E-state index in [1.54, 1.807) is 33.0 Å². The van der Waals surface area contributed by atoms with Crippen molar-refractivity contribution in [2.24, 2.45) is 0 Å². The third-order valence-electron chi connectivity index (χ3n) is 2.97. The summed E-state index contributed by atoms with van der Waals surface area (Å²) < 4.78 is 6.80.